The molecule has 0 unspecified atom stereocenters. The Labute approximate surface area is 136 Å². The van der Waals surface area contributed by atoms with E-state index >= 15 is 0 Å². The van der Waals surface area contributed by atoms with Crippen molar-refractivity contribution >= 4 is 16.6 Å². The summed E-state index contributed by atoms with van der Waals surface area (Å²) < 4.78 is 16.5. The topological polar surface area (TPSA) is 85.0 Å². The third-order valence-corrected chi connectivity index (χ3v) is 3.93. The van der Waals surface area contributed by atoms with Crippen LogP contribution in [-0.4, -0.2) is 25.5 Å². The Kier molecular flexibility index (Phi) is 3.65. The SMILES string of the molecule is Cc1cc(-n2n[n+]3c(c(C)nc4ccccc43)c2O)ccc1F.[OH-]. The summed E-state index contributed by atoms with van der Waals surface area (Å²) in [5, 5.41) is 15.1. The monoisotopic (exact) mass is 326 g/mol. The maximum absolute atomic E-state index is 13.5. The molecule has 0 saturated heterocycles. The number of fused-ring (bicyclic) bond motifs is 3. The number of benzene rings is 2. The molecule has 0 atom stereocenters. The summed E-state index contributed by atoms with van der Waals surface area (Å²) in [6.07, 6.45) is 0. The minimum Gasteiger partial charge on any atom is -0.870 e. The van der Waals surface area contributed by atoms with Crippen molar-refractivity contribution in [3.8, 4) is 11.6 Å². The van der Waals surface area contributed by atoms with Crippen LogP contribution in [0.1, 0.15) is 11.3 Å². The van der Waals surface area contributed by atoms with Crippen LogP contribution in [0.2, 0.25) is 0 Å². The highest BCUT2D eigenvalue weighted by molar-refractivity contribution is 5.74. The van der Waals surface area contributed by atoms with Crippen LogP contribution in [0.5, 0.6) is 5.88 Å². The molecule has 4 aromatic rings. The van der Waals surface area contributed by atoms with Crippen LogP contribution in [0.3, 0.4) is 0 Å². The maximum atomic E-state index is 13.5. The molecule has 0 bridgehead atoms. The van der Waals surface area contributed by atoms with Crippen LogP contribution in [0, 0.1) is 19.7 Å². The smallest absolute Gasteiger partial charge is 0.361 e. The lowest BCUT2D eigenvalue weighted by Crippen LogP contribution is -2.27. The number of para-hydroxylation sites is 2. The molecule has 2 aromatic heterocycles. The largest absolute Gasteiger partial charge is 0.870 e. The summed E-state index contributed by atoms with van der Waals surface area (Å²) in [6, 6.07) is 12.2. The highest BCUT2D eigenvalue weighted by atomic mass is 19.1. The Morgan fingerprint density at radius 2 is 1.88 bits per heavy atom. The Bertz CT molecular complexity index is 1080. The van der Waals surface area contributed by atoms with Crippen molar-refractivity contribution in [2.45, 2.75) is 13.8 Å². The van der Waals surface area contributed by atoms with E-state index in [0.717, 1.165) is 11.0 Å². The Morgan fingerprint density at radius 3 is 2.62 bits per heavy atom. The molecule has 6 nitrogen and oxygen atoms in total. The molecular formula is C17H15FN4O2. The zero-order chi connectivity index (χ0) is 16.1. The number of aromatic nitrogens is 4. The first-order valence-corrected chi connectivity index (χ1v) is 7.22. The molecule has 0 aliphatic heterocycles. The van der Waals surface area contributed by atoms with Crippen molar-refractivity contribution in [2.75, 3.05) is 0 Å². The molecule has 0 radical (unpaired) electrons. The maximum Gasteiger partial charge on any atom is 0.361 e. The highest BCUT2D eigenvalue weighted by Gasteiger charge is 2.26. The standard InChI is InChI=1S/C17H13FN4O.H2O/c1-10-9-12(7-8-13(10)18)21-17(23)16-11(2)19-14-5-3-4-6-15(14)22(16)20-21;/h3-9H,1-2H3;1H2. The number of halogens is 1. The van der Waals surface area contributed by atoms with Gasteiger partial charge in [-0.25, -0.2) is 9.37 Å². The van der Waals surface area contributed by atoms with E-state index in [0.29, 0.717) is 22.5 Å². The Balaban J connectivity index is 0.00000169. The fourth-order valence-corrected chi connectivity index (χ4v) is 2.76. The fraction of sp³-hybridized carbons (Fsp3) is 0.118. The normalized spacial score (nSPS) is 11.0. The van der Waals surface area contributed by atoms with Crippen LogP contribution in [-0.2, 0) is 0 Å². The van der Waals surface area contributed by atoms with Gasteiger partial charge in [-0.05, 0) is 49.7 Å². The predicted molar refractivity (Wildman–Crippen MR) is 85.1 cm³/mol. The molecule has 2 N–H and O–H groups in total. The van der Waals surface area contributed by atoms with Gasteiger partial charge < -0.3 is 10.6 Å². The molecule has 0 aliphatic rings. The van der Waals surface area contributed by atoms with Gasteiger partial charge in [0, 0.05) is 0 Å². The summed E-state index contributed by atoms with van der Waals surface area (Å²) in [5.41, 5.74) is 3.88. The molecule has 2 aromatic carbocycles. The van der Waals surface area contributed by atoms with E-state index in [1.165, 1.54) is 10.7 Å². The molecule has 7 heteroatoms. The van der Waals surface area contributed by atoms with E-state index in [1.54, 1.807) is 23.6 Å². The van der Waals surface area contributed by atoms with Gasteiger partial charge in [0.05, 0.1) is 5.69 Å². The van der Waals surface area contributed by atoms with Crippen molar-refractivity contribution in [1.29, 1.82) is 0 Å². The third kappa shape index (κ3) is 2.17. The lowest BCUT2D eigenvalue weighted by molar-refractivity contribution is -0.556. The number of rotatable bonds is 1. The van der Waals surface area contributed by atoms with Crippen LogP contribution < -0.4 is 4.52 Å². The van der Waals surface area contributed by atoms with Gasteiger partial charge in [-0.1, -0.05) is 21.3 Å². The van der Waals surface area contributed by atoms with Gasteiger partial charge in [0.25, 0.3) is 5.52 Å². The first-order chi connectivity index (χ1) is 11.1. The van der Waals surface area contributed by atoms with Gasteiger partial charge >= 0.3 is 5.88 Å². The highest BCUT2D eigenvalue weighted by Crippen LogP contribution is 2.24. The van der Waals surface area contributed by atoms with Crippen LogP contribution in [0.25, 0.3) is 22.2 Å². The van der Waals surface area contributed by atoms with Crippen molar-refractivity contribution in [2.24, 2.45) is 0 Å². The van der Waals surface area contributed by atoms with Gasteiger partial charge in [-0.3, -0.25) is 0 Å². The number of aryl methyl sites for hydroxylation is 2. The van der Waals surface area contributed by atoms with Gasteiger partial charge in [0.15, 0.2) is 11.2 Å². The average Bonchev–Trinajstić information content (AvgIpc) is 2.89. The van der Waals surface area contributed by atoms with E-state index in [1.807, 2.05) is 31.2 Å². The van der Waals surface area contributed by atoms with Crippen molar-refractivity contribution in [3.05, 3.63) is 59.5 Å². The molecule has 122 valence electrons. The summed E-state index contributed by atoms with van der Waals surface area (Å²) >= 11 is 0. The van der Waals surface area contributed by atoms with Crippen molar-refractivity contribution in [3.63, 3.8) is 0 Å². The van der Waals surface area contributed by atoms with Crippen LogP contribution >= 0.6 is 0 Å². The van der Waals surface area contributed by atoms with Gasteiger partial charge in [0.1, 0.15) is 16.5 Å². The lowest BCUT2D eigenvalue weighted by Gasteiger charge is -1.97. The van der Waals surface area contributed by atoms with E-state index in [4.69, 9.17) is 0 Å². The fourth-order valence-electron chi connectivity index (χ4n) is 2.76. The summed E-state index contributed by atoms with van der Waals surface area (Å²) in [7, 11) is 0. The van der Waals surface area contributed by atoms with Gasteiger partial charge in [-0.2, -0.15) is 0 Å². The number of hydrogen-bond donors (Lipinski definition) is 1. The number of nitrogens with zero attached hydrogens (tertiary/aromatic N) is 4. The second-order valence-corrected chi connectivity index (χ2v) is 5.50. The van der Waals surface area contributed by atoms with Crippen LogP contribution in [0.15, 0.2) is 42.5 Å². The molecule has 24 heavy (non-hydrogen) atoms. The first kappa shape index (κ1) is 15.8. The van der Waals surface area contributed by atoms with E-state index in [2.05, 4.69) is 10.2 Å². The third-order valence-electron chi connectivity index (χ3n) is 3.93. The molecule has 4 rings (SSSR count). The predicted octanol–water partition coefficient (Wildman–Crippen LogP) is 2.44. The molecule has 0 amide bonds. The molecule has 0 spiro atoms. The quantitative estimate of drug-likeness (QED) is 0.544. The molecule has 0 aliphatic carbocycles. The van der Waals surface area contributed by atoms with Crippen molar-refractivity contribution in [1.82, 2.24) is 14.9 Å². The van der Waals surface area contributed by atoms with Crippen LogP contribution in [0.4, 0.5) is 4.39 Å². The summed E-state index contributed by atoms with van der Waals surface area (Å²) in [5.74, 6) is -0.312. The minimum absolute atomic E-state index is 0. The second-order valence-electron chi connectivity index (χ2n) is 5.50. The summed E-state index contributed by atoms with van der Waals surface area (Å²) in [6.45, 7) is 3.50. The first-order valence-electron chi connectivity index (χ1n) is 7.22. The van der Waals surface area contributed by atoms with Crippen molar-refractivity contribution < 1.29 is 19.5 Å². The lowest BCUT2D eigenvalue weighted by atomic mass is 10.2. The zero-order valence-corrected chi connectivity index (χ0v) is 13.1. The van der Waals surface area contributed by atoms with Gasteiger partial charge in [-0.15, -0.1) is 0 Å². The van der Waals surface area contributed by atoms with E-state index < -0.39 is 0 Å². The molecule has 2 heterocycles. The van der Waals surface area contributed by atoms with Gasteiger partial charge in [0.2, 0.25) is 0 Å². The molecule has 0 saturated carbocycles. The molecular weight excluding hydrogens is 311 g/mol. The van der Waals surface area contributed by atoms with E-state index in [9.17, 15) is 9.50 Å². The zero-order valence-electron chi connectivity index (χ0n) is 13.1. The minimum atomic E-state index is -0.291. The van der Waals surface area contributed by atoms with E-state index in [-0.39, 0.29) is 17.2 Å². The number of aromatic hydroxyl groups is 1. The molecule has 0 fully saturated rings. The summed E-state index contributed by atoms with van der Waals surface area (Å²) in [4.78, 5) is 4.51. The number of hydrogen-bond acceptors (Lipinski definition) is 4. The Hall–Kier alpha value is -3.06. The second kappa shape index (κ2) is 5.54. The Morgan fingerprint density at radius 1 is 1.12 bits per heavy atom. The average molecular weight is 326 g/mol.